The average Bonchev–Trinajstić information content (AvgIpc) is 3.35. The molecule has 5 nitrogen and oxygen atoms in total. The molecule has 0 unspecified atom stereocenters. The van der Waals surface area contributed by atoms with Crippen molar-refractivity contribution in [1.29, 1.82) is 0 Å². The molecular formula is C29H36ClF2N5S. The van der Waals surface area contributed by atoms with E-state index in [1.54, 1.807) is 11.9 Å². The monoisotopic (exact) mass is 559 g/mol. The van der Waals surface area contributed by atoms with Gasteiger partial charge in [0, 0.05) is 66.2 Å². The molecule has 3 fully saturated rings. The van der Waals surface area contributed by atoms with E-state index in [4.69, 9.17) is 17.3 Å². The number of nitrogens with two attached hydrogens (primary N) is 1. The Morgan fingerprint density at radius 2 is 1.71 bits per heavy atom. The first-order valence-corrected chi connectivity index (χ1v) is 14.6. The number of rotatable bonds is 7. The van der Waals surface area contributed by atoms with Gasteiger partial charge in [0.2, 0.25) is 0 Å². The SMILES string of the molecule is C=C(N)C1CCC(C(F)(F)c2cc(Cl)nc(N3CCN(Sc4ccc(N5CCCC5=C)cc4)CC3)c2)CC1. The number of benzene rings is 1. The highest BCUT2D eigenvalue weighted by Crippen LogP contribution is 2.46. The van der Waals surface area contributed by atoms with Crippen LogP contribution in [0.15, 0.2) is 65.8 Å². The Morgan fingerprint density at radius 3 is 2.32 bits per heavy atom. The molecular weight excluding hydrogens is 524 g/mol. The quantitative estimate of drug-likeness (QED) is 0.290. The molecule has 0 bridgehead atoms. The van der Waals surface area contributed by atoms with Gasteiger partial charge in [-0.05, 0) is 92.8 Å². The van der Waals surface area contributed by atoms with Crippen LogP contribution in [-0.4, -0.2) is 42.0 Å². The van der Waals surface area contributed by atoms with Crippen molar-refractivity contribution in [3.63, 3.8) is 0 Å². The Bertz CT molecular complexity index is 1160. The Labute approximate surface area is 233 Å². The molecule has 9 heteroatoms. The molecule has 0 spiro atoms. The minimum atomic E-state index is -2.96. The highest BCUT2D eigenvalue weighted by atomic mass is 35.5. The molecule has 0 radical (unpaired) electrons. The number of hydrogen-bond donors (Lipinski definition) is 1. The number of piperazine rings is 1. The van der Waals surface area contributed by atoms with E-state index in [9.17, 15) is 0 Å². The smallest absolute Gasteiger partial charge is 0.276 e. The van der Waals surface area contributed by atoms with E-state index >= 15 is 8.78 Å². The first-order chi connectivity index (χ1) is 18.2. The minimum Gasteiger partial charge on any atom is -0.402 e. The van der Waals surface area contributed by atoms with Gasteiger partial charge in [0.25, 0.3) is 5.92 Å². The molecule has 1 aromatic carbocycles. The maximum absolute atomic E-state index is 15.6. The zero-order valence-electron chi connectivity index (χ0n) is 21.7. The number of alkyl halides is 2. The zero-order chi connectivity index (χ0) is 26.9. The number of halogens is 3. The summed E-state index contributed by atoms with van der Waals surface area (Å²) in [7, 11) is 0. The molecule has 0 amide bonds. The van der Waals surface area contributed by atoms with Gasteiger partial charge in [-0.25, -0.2) is 18.1 Å². The summed E-state index contributed by atoms with van der Waals surface area (Å²) in [5.41, 5.74) is 8.75. The van der Waals surface area contributed by atoms with Crippen molar-refractivity contribution in [2.24, 2.45) is 17.6 Å². The largest absolute Gasteiger partial charge is 0.402 e. The van der Waals surface area contributed by atoms with Crippen molar-refractivity contribution >= 4 is 35.1 Å². The molecule has 2 saturated heterocycles. The molecule has 2 N–H and O–H groups in total. The lowest BCUT2D eigenvalue weighted by Crippen LogP contribution is -2.44. The van der Waals surface area contributed by atoms with E-state index in [2.05, 4.69) is 56.5 Å². The van der Waals surface area contributed by atoms with Gasteiger partial charge >= 0.3 is 0 Å². The van der Waals surface area contributed by atoms with Gasteiger partial charge in [-0.3, -0.25) is 0 Å². The van der Waals surface area contributed by atoms with Gasteiger partial charge in [-0.15, -0.1) is 0 Å². The van der Waals surface area contributed by atoms with E-state index in [0.717, 1.165) is 32.5 Å². The highest BCUT2D eigenvalue weighted by molar-refractivity contribution is 7.97. The van der Waals surface area contributed by atoms with Gasteiger partial charge in [0.1, 0.15) is 11.0 Å². The van der Waals surface area contributed by atoms with Crippen LogP contribution in [0.5, 0.6) is 0 Å². The Hall–Kier alpha value is -2.29. The molecule has 5 rings (SSSR count). The predicted octanol–water partition coefficient (Wildman–Crippen LogP) is 7.05. The number of allylic oxidation sites excluding steroid dienone is 2. The fourth-order valence-corrected chi connectivity index (χ4v) is 6.90. The van der Waals surface area contributed by atoms with E-state index in [-0.39, 0.29) is 16.6 Å². The van der Waals surface area contributed by atoms with E-state index < -0.39 is 11.8 Å². The molecule has 38 heavy (non-hydrogen) atoms. The maximum atomic E-state index is 15.6. The summed E-state index contributed by atoms with van der Waals surface area (Å²) >= 11 is 7.99. The minimum absolute atomic E-state index is 0.0416. The van der Waals surface area contributed by atoms with Crippen molar-refractivity contribution in [2.45, 2.75) is 49.3 Å². The first kappa shape index (κ1) is 27.3. The fourth-order valence-electron chi connectivity index (χ4n) is 5.79. The highest BCUT2D eigenvalue weighted by Gasteiger charge is 2.43. The van der Waals surface area contributed by atoms with Crippen LogP contribution in [0, 0.1) is 11.8 Å². The Balaban J connectivity index is 1.19. The van der Waals surface area contributed by atoms with Crippen LogP contribution < -0.4 is 15.5 Å². The number of aromatic nitrogens is 1. The van der Waals surface area contributed by atoms with E-state index in [1.165, 1.54) is 28.4 Å². The molecule has 1 saturated carbocycles. The molecule has 2 aliphatic heterocycles. The van der Waals surface area contributed by atoms with E-state index in [0.29, 0.717) is 50.3 Å². The topological polar surface area (TPSA) is 48.6 Å². The van der Waals surface area contributed by atoms with Crippen molar-refractivity contribution in [3.8, 4) is 0 Å². The zero-order valence-corrected chi connectivity index (χ0v) is 23.3. The van der Waals surface area contributed by atoms with Crippen LogP contribution in [0.3, 0.4) is 0 Å². The summed E-state index contributed by atoms with van der Waals surface area (Å²) in [6.45, 7) is 12.0. The standard InChI is InChI=1S/C29H36ClF2N5S/c1-20-4-3-13-37(20)25-9-11-26(12-10-25)38-36-16-14-35(15-17-36)28-19-24(18-27(30)34-28)29(31,32)23-7-5-22(6-8-23)21(2)33/h9-12,18-19,22-23H,1-8,13-17,33H2. The van der Waals surface area contributed by atoms with Gasteiger partial charge in [-0.1, -0.05) is 24.8 Å². The predicted molar refractivity (Wildman–Crippen MR) is 154 cm³/mol. The molecule has 1 aliphatic carbocycles. The molecule has 1 aromatic heterocycles. The average molecular weight is 560 g/mol. The lowest BCUT2D eigenvalue weighted by molar-refractivity contribution is -0.0808. The summed E-state index contributed by atoms with van der Waals surface area (Å²) in [5, 5.41) is 0.110. The lowest BCUT2D eigenvalue weighted by atomic mass is 9.76. The summed E-state index contributed by atoms with van der Waals surface area (Å²) in [6.07, 6.45) is 4.37. The van der Waals surface area contributed by atoms with Crippen molar-refractivity contribution in [2.75, 3.05) is 42.5 Å². The Kier molecular flexibility index (Phi) is 8.22. The number of anilines is 2. The maximum Gasteiger partial charge on any atom is 0.276 e. The van der Waals surface area contributed by atoms with Gasteiger partial charge in [-0.2, -0.15) is 0 Å². The van der Waals surface area contributed by atoms with E-state index in [1.807, 2.05) is 0 Å². The normalized spacial score (nSPS) is 23.2. The fraction of sp³-hybridized carbons (Fsp3) is 0.483. The van der Waals surface area contributed by atoms with Crippen molar-refractivity contribution < 1.29 is 8.78 Å². The second kappa shape index (κ2) is 11.4. The third-order valence-electron chi connectivity index (χ3n) is 8.10. The summed E-state index contributed by atoms with van der Waals surface area (Å²) in [5.74, 6) is -3.03. The van der Waals surface area contributed by atoms with Crippen LogP contribution in [0.2, 0.25) is 5.15 Å². The van der Waals surface area contributed by atoms with Crippen LogP contribution >= 0.6 is 23.5 Å². The van der Waals surface area contributed by atoms with Crippen LogP contribution in [0.25, 0.3) is 0 Å². The summed E-state index contributed by atoms with van der Waals surface area (Å²) in [4.78, 5) is 9.93. The molecule has 3 aliphatic rings. The van der Waals surface area contributed by atoms with Crippen LogP contribution in [0.4, 0.5) is 20.3 Å². The number of pyridine rings is 1. The third-order valence-corrected chi connectivity index (χ3v) is 9.40. The second-order valence-corrected chi connectivity index (χ2v) is 12.2. The third kappa shape index (κ3) is 5.97. The van der Waals surface area contributed by atoms with Gasteiger partial charge in [0.05, 0.1) is 0 Å². The van der Waals surface area contributed by atoms with Gasteiger partial charge < -0.3 is 15.5 Å². The summed E-state index contributed by atoms with van der Waals surface area (Å²) in [6, 6.07) is 11.5. The van der Waals surface area contributed by atoms with Gasteiger partial charge in [0.15, 0.2) is 0 Å². The molecule has 0 atom stereocenters. The van der Waals surface area contributed by atoms with Crippen LogP contribution in [0.1, 0.15) is 44.1 Å². The first-order valence-electron chi connectivity index (χ1n) is 13.4. The second-order valence-electron chi connectivity index (χ2n) is 10.6. The lowest BCUT2D eigenvalue weighted by Gasteiger charge is -2.36. The molecule has 2 aromatic rings. The summed E-state index contributed by atoms with van der Waals surface area (Å²) < 4.78 is 33.5. The van der Waals surface area contributed by atoms with Crippen molar-refractivity contribution in [1.82, 2.24) is 9.29 Å². The Morgan fingerprint density at radius 1 is 1.03 bits per heavy atom. The molecule has 204 valence electrons. The molecule has 3 heterocycles. The number of nitrogens with zero attached hydrogens (tertiary/aromatic N) is 4. The number of hydrogen-bond acceptors (Lipinski definition) is 6. The van der Waals surface area contributed by atoms with Crippen molar-refractivity contribution in [3.05, 3.63) is 71.7 Å². The van der Waals surface area contributed by atoms with Crippen LogP contribution in [-0.2, 0) is 5.92 Å².